The Hall–Kier alpha value is -1.66. The molecular weight excluding hydrogens is 263 g/mol. The molecule has 1 saturated heterocycles. The number of halogens is 1. The number of benzene rings is 1. The molecular formula is C14H19FN2O3. The van der Waals surface area contributed by atoms with Crippen LogP contribution >= 0.6 is 0 Å². The predicted octanol–water partition coefficient (Wildman–Crippen LogP) is 0.910. The molecule has 0 saturated carbocycles. The summed E-state index contributed by atoms with van der Waals surface area (Å²) in [6.45, 7) is 4.07. The number of nitrogens with two attached hydrogens (primary N) is 1. The van der Waals surface area contributed by atoms with Gasteiger partial charge < -0.3 is 20.1 Å². The summed E-state index contributed by atoms with van der Waals surface area (Å²) in [6, 6.07) is 4.11. The largest absolute Gasteiger partial charge is 0.481 e. The summed E-state index contributed by atoms with van der Waals surface area (Å²) in [7, 11) is 0. The highest BCUT2D eigenvalue weighted by Gasteiger charge is 2.24. The lowest BCUT2D eigenvalue weighted by atomic mass is 10.2. The lowest BCUT2D eigenvalue weighted by Gasteiger charge is -2.29. The third-order valence-corrected chi connectivity index (χ3v) is 3.22. The molecule has 5 nitrogen and oxygen atoms in total. The summed E-state index contributed by atoms with van der Waals surface area (Å²) in [5, 5.41) is 0. The van der Waals surface area contributed by atoms with Crippen LogP contribution in [0.25, 0.3) is 0 Å². The van der Waals surface area contributed by atoms with Crippen molar-refractivity contribution in [1.82, 2.24) is 4.90 Å². The standard InChI is InChI=1S/C14H19FN2O3/c1-10(14(18)17-4-6-19-7-5-17)20-13-3-2-12(15)8-11(13)9-16/h2-3,8,10H,4-7,9,16H2,1H3. The van der Waals surface area contributed by atoms with E-state index < -0.39 is 6.10 Å². The molecule has 1 unspecified atom stereocenters. The van der Waals surface area contributed by atoms with Gasteiger partial charge in [0.2, 0.25) is 0 Å². The smallest absolute Gasteiger partial charge is 0.263 e. The first kappa shape index (κ1) is 14.7. The Bertz CT molecular complexity index is 475. The Labute approximate surface area is 117 Å². The predicted molar refractivity (Wildman–Crippen MR) is 71.8 cm³/mol. The van der Waals surface area contributed by atoms with Crippen LogP contribution in [-0.4, -0.2) is 43.2 Å². The summed E-state index contributed by atoms with van der Waals surface area (Å²) >= 11 is 0. The van der Waals surface area contributed by atoms with Gasteiger partial charge in [-0.15, -0.1) is 0 Å². The first-order chi connectivity index (χ1) is 9.61. The van der Waals surface area contributed by atoms with Gasteiger partial charge in [-0.1, -0.05) is 0 Å². The molecule has 1 aromatic rings. The summed E-state index contributed by atoms with van der Waals surface area (Å²) in [6.07, 6.45) is -0.635. The Morgan fingerprint density at radius 1 is 1.50 bits per heavy atom. The second kappa shape index (κ2) is 6.67. The molecule has 1 aliphatic heterocycles. The van der Waals surface area contributed by atoms with Crippen LogP contribution in [0.4, 0.5) is 4.39 Å². The van der Waals surface area contributed by atoms with E-state index in [0.29, 0.717) is 37.6 Å². The zero-order valence-electron chi connectivity index (χ0n) is 11.5. The Balaban J connectivity index is 2.03. The first-order valence-electron chi connectivity index (χ1n) is 6.63. The molecule has 0 spiro atoms. The second-order valence-electron chi connectivity index (χ2n) is 4.65. The van der Waals surface area contributed by atoms with Gasteiger partial charge in [-0.25, -0.2) is 4.39 Å². The number of morpholine rings is 1. The minimum absolute atomic E-state index is 0.0967. The molecule has 0 aliphatic carbocycles. The zero-order chi connectivity index (χ0) is 14.5. The number of amides is 1. The van der Waals surface area contributed by atoms with Crippen molar-refractivity contribution >= 4 is 5.91 Å². The minimum Gasteiger partial charge on any atom is -0.481 e. The van der Waals surface area contributed by atoms with Crippen LogP contribution in [0.15, 0.2) is 18.2 Å². The third kappa shape index (κ3) is 3.46. The van der Waals surface area contributed by atoms with E-state index in [1.54, 1.807) is 11.8 Å². The van der Waals surface area contributed by atoms with Gasteiger partial charge in [-0.05, 0) is 25.1 Å². The van der Waals surface area contributed by atoms with Crippen molar-refractivity contribution < 1.29 is 18.7 Å². The maximum Gasteiger partial charge on any atom is 0.263 e. The van der Waals surface area contributed by atoms with E-state index in [2.05, 4.69) is 0 Å². The Kier molecular flexibility index (Phi) is 4.92. The van der Waals surface area contributed by atoms with E-state index in [0.717, 1.165) is 0 Å². The van der Waals surface area contributed by atoms with Gasteiger partial charge in [0.15, 0.2) is 6.10 Å². The SMILES string of the molecule is CC(Oc1ccc(F)cc1CN)C(=O)N1CCOCC1. The van der Waals surface area contributed by atoms with E-state index >= 15 is 0 Å². The van der Waals surface area contributed by atoms with Crippen molar-refractivity contribution in [2.75, 3.05) is 26.3 Å². The summed E-state index contributed by atoms with van der Waals surface area (Å²) in [5.41, 5.74) is 6.10. The van der Waals surface area contributed by atoms with Crippen LogP contribution in [0.1, 0.15) is 12.5 Å². The number of carbonyl (C=O) groups excluding carboxylic acids is 1. The maximum atomic E-state index is 13.1. The van der Waals surface area contributed by atoms with Crippen LogP contribution < -0.4 is 10.5 Å². The molecule has 1 aliphatic rings. The fourth-order valence-corrected chi connectivity index (χ4v) is 2.10. The zero-order valence-corrected chi connectivity index (χ0v) is 11.5. The Morgan fingerprint density at radius 2 is 2.20 bits per heavy atom. The molecule has 2 N–H and O–H groups in total. The van der Waals surface area contributed by atoms with Crippen molar-refractivity contribution in [3.8, 4) is 5.75 Å². The van der Waals surface area contributed by atoms with Gasteiger partial charge in [-0.3, -0.25) is 4.79 Å². The number of hydrogen-bond donors (Lipinski definition) is 1. The third-order valence-electron chi connectivity index (χ3n) is 3.22. The minimum atomic E-state index is -0.635. The van der Waals surface area contributed by atoms with Crippen molar-refractivity contribution in [1.29, 1.82) is 0 Å². The van der Waals surface area contributed by atoms with E-state index in [9.17, 15) is 9.18 Å². The van der Waals surface area contributed by atoms with E-state index in [4.69, 9.17) is 15.2 Å². The number of hydrogen-bond acceptors (Lipinski definition) is 4. The molecule has 0 bridgehead atoms. The van der Waals surface area contributed by atoms with E-state index in [1.807, 2.05) is 0 Å². The van der Waals surface area contributed by atoms with Gasteiger partial charge in [0.05, 0.1) is 13.2 Å². The average molecular weight is 282 g/mol. The fourth-order valence-electron chi connectivity index (χ4n) is 2.10. The van der Waals surface area contributed by atoms with Gasteiger partial charge in [0, 0.05) is 25.2 Å². The van der Waals surface area contributed by atoms with E-state index in [1.165, 1.54) is 18.2 Å². The molecule has 2 rings (SSSR count). The van der Waals surface area contributed by atoms with Crippen LogP contribution in [0, 0.1) is 5.82 Å². The van der Waals surface area contributed by atoms with Crippen molar-refractivity contribution in [3.63, 3.8) is 0 Å². The lowest BCUT2D eigenvalue weighted by Crippen LogP contribution is -2.46. The van der Waals surface area contributed by atoms with Gasteiger partial charge in [-0.2, -0.15) is 0 Å². The van der Waals surface area contributed by atoms with E-state index in [-0.39, 0.29) is 18.3 Å². The van der Waals surface area contributed by atoms with Crippen LogP contribution in [0.5, 0.6) is 5.75 Å². The van der Waals surface area contributed by atoms with Gasteiger partial charge >= 0.3 is 0 Å². The van der Waals surface area contributed by atoms with Crippen LogP contribution in [-0.2, 0) is 16.1 Å². The molecule has 1 aromatic carbocycles. The van der Waals surface area contributed by atoms with Crippen molar-refractivity contribution in [3.05, 3.63) is 29.6 Å². The molecule has 110 valence electrons. The monoisotopic (exact) mass is 282 g/mol. The quantitative estimate of drug-likeness (QED) is 0.891. The molecule has 1 fully saturated rings. The number of rotatable bonds is 4. The summed E-state index contributed by atoms with van der Waals surface area (Å²) < 4.78 is 24.0. The maximum absolute atomic E-state index is 13.1. The molecule has 1 heterocycles. The number of ether oxygens (including phenoxy) is 2. The summed E-state index contributed by atoms with van der Waals surface area (Å²) in [5.74, 6) is -0.0198. The normalized spacial score (nSPS) is 16.9. The van der Waals surface area contributed by atoms with Crippen molar-refractivity contribution in [2.24, 2.45) is 5.73 Å². The second-order valence-corrected chi connectivity index (χ2v) is 4.65. The molecule has 20 heavy (non-hydrogen) atoms. The first-order valence-corrected chi connectivity index (χ1v) is 6.63. The fraction of sp³-hybridized carbons (Fsp3) is 0.500. The van der Waals surface area contributed by atoms with Crippen LogP contribution in [0.2, 0.25) is 0 Å². The lowest BCUT2D eigenvalue weighted by molar-refractivity contribution is -0.142. The van der Waals surface area contributed by atoms with Gasteiger partial charge in [0.25, 0.3) is 5.91 Å². The average Bonchev–Trinajstić information content (AvgIpc) is 2.49. The highest BCUT2D eigenvalue weighted by atomic mass is 19.1. The molecule has 1 amide bonds. The van der Waals surface area contributed by atoms with Crippen molar-refractivity contribution in [2.45, 2.75) is 19.6 Å². The Morgan fingerprint density at radius 3 is 2.85 bits per heavy atom. The summed E-state index contributed by atoms with van der Waals surface area (Å²) in [4.78, 5) is 13.9. The van der Waals surface area contributed by atoms with Crippen LogP contribution in [0.3, 0.4) is 0 Å². The molecule has 1 atom stereocenters. The molecule has 0 radical (unpaired) electrons. The molecule has 0 aromatic heterocycles. The highest BCUT2D eigenvalue weighted by molar-refractivity contribution is 5.81. The van der Waals surface area contributed by atoms with Gasteiger partial charge in [0.1, 0.15) is 11.6 Å². The number of carbonyl (C=O) groups is 1. The topological polar surface area (TPSA) is 64.8 Å². The number of nitrogens with zero attached hydrogens (tertiary/aromatic N) is 1. The highest BCUT2D eigenvalue weighted by Crippen LogP contribution is 2.21. The molecule has 6 heteroatoms.